The van der Waals surface area contributed by atoms with Crippen LogP contribution < -0.4 is 5.73 Å². The number of para-hydroxylation sites is 1. The van der Waals surface area contributed by atoms with Crippen LogP contribution >= 0.6 is 0 Å². The van der Waals surface area contributed by atoms with Crippen LogP contribution in [0.4, 0.5) is 0 Å². The SMILES string of the molecule is CC(N)c1onc2c1oc1ccccc12. The lowest BCUT2D eigenvalue weighted by molar-refractivity contribution is 0.371. The number of rotatable bonds is 1. The minimum Gasteiger partial charge on any atom is -0.450 e. The highest BCUT2D eigenvalue weighted by Crippen LogP contribution is 2.31. The van der Waals surface area contributed by atoms with Gasteiger partial charge in [-0.1, -0.05) is 17.3 Å². The minimum atomic E-state index is -0.212. The van der Waals surface area contributed by atoms with Crippen molar-refractivity contribution in [1.29, 1.82) is 0 Å². The molecule has 2 aromatic heterocycles. The maximum Gasteiger partial charge on any atom is 0.199 e. The van der Waals surface area contributed by atoms with Gasteiger partial charge in [0.25, 0.3) is 0 Å². The first-order valence-electron chi connectivity index (χ1n) is 4.80. The minimum absolute atomic E-state index is 0.212. The van der Waals surface area contributed by atoms with E-state index in [1.54, 1.807) is 0 Å². The Kier molecular flexibility index (Phi) is 1.61. The molecule has 0 saturated carbocycles. The molecular formula is C11H10N2O2. The van der Waals surface area contributed by atoms with E-state index >= 15 is 0 Å². The second-order valence-electron chi connectivity index (χ2n) is 3.61. The lowest BCUT2D eigenvalue weighted by Crippen LogP contribution is -2.03. The third-order valence-corrected chi connectivity index (χ3v) is 2.44. The molecule has 1 unspecified atom stereocenters. The van der Waals surface area contributed by atoms with Crippen molar-refractivity contribution in [3.63, 3.8) is 0 Å². The molecule has 76 valence electrons. The first kappa shape index (κ1) is 8.49. The molecule has 0 fully saturated rings. The number of nitrogens with zero attached hydrogens (tertiary/aromatic N) is 1. The van der Waals surface area contributed by atoms with Crippen LogP contribution in [-0.4, -0.2) is 5.16 Å². The van der Waals surface area contributed by atoms with Crippen LogP contribution in [0.15, 0.2) is 33.2 Å². The van der Waals surface area contributed by atoms with E-state index in [0.717, 1.165) is 16.5 Å². The summed E-state index contributed by atoms with van der Waals surface area (Å²) in [5, 5.41) is 4.94. The van der Waals surface area contributed by atoms with Crippen molar-refractivity contribution in [2.75, 3.05) is 0 Å². The predicted molar refractivity (Wildman–Crippen MR) is 56.4 cm³/mol. The molecule has 15 heavy (non-hydrogen) atoms. The molecule has 4 heteroatoms. The first-order chi connectivity index (χ1) is 7.27. The Balaban J connectivity index is 2.45. The van der Waals surface area contributed by atoms with Gasteiger partial charge >= 0.3 is 0 Å². The van der Waals surface area contributed by atoms with Gasteiger partial charge in [-0.2, -0.15) is 0 Å². The Morgan fingerprint density at radius 2 is 2.13 bits per heavy atom. The lowest BCUT2D eigenvalue weighted by atomic mass is 10.2. The van der Waals surface area contributed by atoms with E-state index in [9.17, 15) is 0 Å². The summed E-state index contributed by atoms with van der Waals surface area (Å²) in [4.78, 5) is 0. The summed E-state index contributed by atoms with van der Waals surface area (Å²) < 4.78 is 10.8. The van der Waals surface area contributed by atoms with E-state index in [1.165, 1.54) is 0 Å². The molecular weight excluding hydrogens is 192 g/mol. The summed E-state index contributed by atoms with van der Waals surface area (Å²) in [6.45, 7) is 1.84. The fraction of sp³-hybridized carbons (Fsp3) is 0.182. The fourth-order valence-corrected chi connectivity index (χ4v) is 1.72. The molecule has 1 atom stereocenters. The normalized spacial score (nSPS) is 13.7. The maximum atomic E-state index is 5.75. The van der Waals surface area contributed by atoms with Crippen molar-refractivity contribution in [1.82, 2.24) is 5.16 Å². The van der Waals surface area contributed by atoms with Crippen molar-refractivity contribution in [3.05, 3.63) is 30.0 Å². The summed E-state index contributed by atoms with van der Waals surface area (Å²) in [7, 11) is 0. The van der Waals surface area contributed by atoms with Gasteiger partial charge in [0.2, 0.25) is 0 Å². The summed E-state index contributed by atoms with van der Waals surface area (Å²) in [6.07, 6.45) is 0. The zero-order valence-electron chi connectivity index (χ0n) is 8.23. The van der Waals surface area contributed by atoms with Crippen molar-refractivity contribution in [3.8, 4) is 0 Å². The summed E-state index contributed by atoms with van der Waals surface area (Å²) in [5.41, 5.74) is 7.97. The van der Waals surface area contributed by atoms with Crippen molar-refractivity contribution in [2.45, 2.75) is 13.0 Å². The topological polar surface area (TPSA) is 65.2 Å². The van der Waals surface area contributed by atoms with E-state index < -0.39 is 0 Å². The largest absolute Gasteiger partial charge is 0.450 e. The Morgan fingerprint density at radius 1 is 1.33 bits per heavy atom. The summed E-state index contributed by atoms with van der Waals surface area (Å²) in [5.74, 6) is 0.598. The molecule has 3 rings (SSSR count). The van der Waals surface area contributed by atoms with Gasteiger partial charge in [-0.25, -0.2) is 0 Å². The van der Waals surface area contributed by atoms with Crippen LogP contribution in [0.25, 0.3) is 22.1 Å². The maximum absolute atomic E-state index is 5.75. The number of fused-ring (bicyclic) bond motifs is 3. The van der Waals surface area contributed by atoms with Crippen molar-refractivity contribution in [2.24, 2.45) is 5.73 Å². The molecule has 0 bridgehead atoms. The molecule has 0 aliphatic rings. The number of hydrogen-bond donors (Lipinski definition) is 1. The van der Waals surface area contributed by atoms with Gasteiger partial charge in [0.05, 0.1) is 11.4 Å². The molecule has 4 nitrogen and oxygen atoms in total. The zero-order valence-corrected chi connectivity index (χ0v) is 8.23. The molecule has 3 aromatic rings. The smallest absolute Gasteiger partial charge is 0.199 e. The number of hydrogen-bond acceptors (Lipinski definition) is 4. The van der Waals surface area contributed by atoms with E-state index in [-0.39, 0.29) is 6.04 Å². The van der Waals surface area contributed by atoms with Gasteiger partial charge in [0, 0.05) is 0 Å². The van der Waals surface area contributed by atoms with E-state index in [2.05, 4.69) is 5.16 Å². The van der Waals surface area contributed by atoms with E-state index in [0.29, 0.717) is 11.3 Å². The van der Waals surface area contributed by atoms with Gasteiger partial charge in [0.15, 0.2) is 16.9 Å². The second-order valence-corrected chi connectivity index (χ2v) is 3.61. The Bertz CT molecular complexity index is 622. The predicted octanol–water partition coefficient (Wildman–Crippen LogP) is 2.59. The lowest BCUT2D eigenvalue weighted by Gasteiger charge is -1.95. The van der Waals surface area contributed by atoms with Crippen LogP contribution in [-0.2, 0) is 0 Å². The molecule has 0 aliphatic carbocycles. The van der Waals surface area contributed by atoms with Gasteiger partial charge in [-0.05, 0) is 19.1 Å². The fourth-order valence-electron chi connectivity index (χ4n) is 1.72. The molecule has 2 N–H and O–H groups in total. The van der Waals surface area contributed by atoms with Gasteiger partial charge in [-0.15, -0.1) is 0 Å². The molecule has 0 saturated heterocycles. The van der Waals surface area contributed by atoms with E-state index in [4.69, 9.17) is 14.7 Å². The monoisotopic (exact) mass is 202 g/mol. The quantitative estimate of drug-likeness (QED) is 0.658. The molecule has 0 spiro atoms. The third kappa shape index (κ3) is 1.08. The number of furan rings is 1. The van der Waals surface area contributed by atoms with Gasteiger partial charge in [-0.3, -0.25) is 0 Å². The highest BCUT2D eigenvalue weighted by molar-refractivity contribution is 6.02. The van der Waals surface area contributed by atoms with Gasteiger partial charge < -0.3 is 14.7 Å². The standard InChI is InChI=1S/C11H10N2O2/c1-6(12)10-11-9(13-15-10)7-4-2-3-5-8(7)14-11/h2-6H,12H2,1H3. The Labute approximate surface area is 85.6 Å². The summed E-state index contributed by atoms with van der Waals surface area (Å²) in [6, 6.07) is 7.51. The van der Waals surface area contributed by atoms with Crippen LogP contribution in [0, 0.1) is 0 Å². The van der Waals surface area contributed by atoms with Gasteiger partial charge in [0.1, 0.15) is 5.58 Å². The van der Waals surface area contributed by atoms with Crippen LogP contribution in [0.2, 0.25) is 0 Å². The Hall–Kier alpha value is -1.81. The average Bonchev–Trinajstić information content (AvgIpc) is 2.74. The number of benzene rings is 1. The van der Waals surface area contributed by atoms with E-state index in [1.807, 2.05) is 31.2 Å². The van der Waals surface area contributed by atoms with Crippen molar-refractivity contribution >= 4 is 22.1 Å². The van der Waals surface area contributed by atoms with Crippen LogP contribution in [0.3, 0.4) is 0 Å². The average molecular weight is 202 g/mol. The summed E-state index contributed by atoms with van der Waals surface area (Å²) >= 11 is 0. The highest BCUT2D eigenvalue weighted by Gasteiger charge is 2.18. The second kappa shape index (κ2) is 2.84. The third-order valence-electron chi connectivity index (χ3n) is 2.44. The van der Waals surface area contributed by atoms with Crippen molar-refractivity contribution < 1.29 is 8.94 Å². The molecule has 0 aliphatic heterocycles. The first-order valence-corrected chi connectivity index (χ1v) is 4.80. The Morgan fingerprint density at radius 3 is 2.93 bits per heavy atom. The zero-order chi connectivity index (χ0) is 10.4. The molecule has 2 heterocycles. The highest BCUT2D eigenvalue weighted by atomic mass is 16.5. The van der Waals surface area contributed by atoms with Crippen LogP contribution in [0.5, 0.6) is 0 Å². The number of nitrogens with two attached hydrogens (primary N) is 1. The molecule has 1 aromatic carbocycles. The molecule has 0 amide bonds. The van der Waals surface area contributed by atoms with Crippen LogP contribution in [0.1, 0.15) is 18.7 Å². The number of aromatic nitrogens is 1. The molecule has 0 radical (unpaired) electrons.